The Morgan fingerprint density at radius 1 is 1.75 bits per heavy atom. The van der Waals surface area contributed by atoms with Gasteiger partial charge in [0.1, 0.15) is 6.04 Å². The summed E-state index contributed by atoms with van der Waals surface area (Å²) in [5.74, 6) is -0.909. The van der Waals surface area contributed by atoms with Crippen molar-refractivity contribution in [3.05, 3.63) is 12.7 Å². The van der Waals surface area contributed by atoms with Crippen LogP contribution in [0.5, 0.6) is 0 Å². The first-order valence-corrected chi connectivity index (χ1v) is 5.66. The molecule has 0 aromatic heterocycles. The van der Waals surface area contributed by atoms with Crippen LogP contribution in [0.4, 0.5) is 0 Å². The molecule has 0 saturated carbocycles. The molecule has 0 radical (unpaired) electrons. The van der Waals surface area contributed by atoms with E-state index in [9.17, 15) is 14.7 Å². The zero-order chi connectivity index (χ0) is 12.3. The molecule has 0 aromatic rings. The van der Waals surface area contributed by atoms with Crippen LogP contribution in [0, 0.1) is 11.8 Å². The average Bonchev–Trinajstić information content (AvgIpc) is 2.59. The quantitative estimate of drug-likeness (QED) is 0.722. The van der Waals surface area contributed by atoms with Crippen molar-refractivity contribution in [3.8, 4) is 0 Å². The van der Waals surface area contributed by atoms with E-state index in [1.54, 1.807) is 6.08 Å². The summed E-state index contributed by atoms with van der Waals surface area (Å²) >= 11 is 0. The molecule has 16 heavy (non-hydrogen) atoms. The SMILES string of the molecule is C=CC1CC(=O)N(C(C(=O)O)C(C)CC)C1. The van der Waals surface area contributed by atoms with Crippen molar-refractivity contribution >= 4 is 11.9 Å². The molecule has 1 aliphatic heterocycles. The fourth-order valence-electron chi connectivity index (χ4n) is 2.09. The molecule has 1 aliphatic rings. The highest BCUT2D eigenvalue weighted by Gasteiger charge is 2.38. The number of amides is 1. The summed E-state index contributed by atoms with van der Waals surface area (Å²) < 4.78 is 0. The molecule has 1 heterocycles. The van der Waals surface area contributed by atoms with E-state index >= 15 is 0 Å². The number of hydrogen-bond acceptors (Lipinski definition) is 2. The smallest absolute Gasteiger partial charge is 0.326 e. The van der Waals surface area contributed by atoms with Gasteiger partial charge in [-0.1, -0.05) is 26.3 Å². The Labute approximate surface area is 95.9 Å². The summed E-state index contributed by atoms with van der Waals surface area (Å²) in [7, 11) is 0. The topological polar surface area (TPSA) is 57.6 Å². The molecule has 1 rings (SSSR count). The molecule has 1 amide bonds. The van der Waals surface area contributed by atoms with E-state index in [0.717, 1.165) is 6.42 Å². The van der Waals surface area contributed by atoms with Crippen molar-refractivity contribution < 1.29 is 14.7 Å². The number of carbonyl (C=O) groups is 2. The van der Waals surface area contributed by atoms with Crippen molar-refractivity contribution in [3.63, 3.8) is 0 Å². The lowest BCUT2D eigenvalue weighted by molar-refractivity contribution is -0.150. The van der Waals surface area contributed by atoms with Crippen LogP contribution in [0.15, 0.2) is 12.7 Å². The molecule has 4 heteroatoms. The van der Waals surface area contributed by atoms with E-state index in [1.807, 2.05) is 13.8 Å². The third-order valence-electron chi connectivity index (χ3n) is 3.29. The number of carboxylic acid groups (broad SMARTS) is 1. The predicted molar refractivity (Wildman–Crippen MR) is 60.9 cm³/mol. The van der Waals surface area contributed by atoms with Gasteiger partial charge in [-0.25, -0.2) is 4.79 Å². The second kappa shape index (κ2) is 5.14. The highest BCUT2D eigenvalue weighted by Crippen LogP contribution is 2.25. The highest BCUT2D eigenvalue weighted by molar-refractivity contribution is 5.85. The Bertz CT molecular complexity index is 301. The first kappa shape index (κ1) is 12.7. The van der Waals surface area contributed by atoms with E-state index in [0.29, 0.717) is 13.0 Å². The maximum Gasteiger partial charge on any atom is 0.326 e. The van der Waals surface area contributed by atoms with Crippen LogP contribution in [0.2, 0.25) is 0 Å². The summed E-state index contributed by atoms with van der Waals surface area (Å²) in [6.45, 7) is 7.95. The Morgan fingerprint density at radius 3 is 2.75 bits per heavy atom. The van der Waals surface area contributed by atoms with Crippen LogP contribution >= 0.6 is 0 Å². The summed E-state index contributed by atoms with van der Waals surface area (Å²) in [6.07, 6.45) is 2.87. The van der Waals surface area contributed by atoms with Gasteiger partial charge in [0.25, 0.3) is 0 Å². The largest absolute Gasteiger partial charge is 0.480 e. The number of hydrogen-bond donors (Lipinski definition) is 1. The average molecular weight is 225 g/mol. The van der Waals surface area contributed by atoms with Crippen LogP contribution < -0.4 is 0 Å². The van der Waals surface area contributed by atoms with E-state index in [2.05, 4.69) is 6.58 Å². The molecule has 4 nitrogen and oxygen atoms in total. The minimum Gasteiger partial charge on any atom is -0.480 e. The number of likely N-dealkylation sites (tertiary alicyclic amines) is 1. The zero-order valence-electron chi connectivity index (χ0n) is 9.85. The molecular formula is C12H19NO3. The van der Waals surface area contributed by atoms with Gasteiger partial charge in [0.15, 0.2) is 0 Å². The van der Waals surface area contributed by atoms with Gasteiger partial charge in [-0.05, 0) is 5.92 Å². The maximum absolute atomic E-state index is 11.7. The molecule has 3 unspecified atom stereocenters. The van der Waals surface area contributed by atoms with Crippen LogP contribution in [-0.4, -0.2) is 34.5 Å². The molecule has 0 spiro atoms. The second-order valence-corrected chi connectivity index (χ2v) is 4.41. The van der Waals surface area contributed by atoms with Gasteiger partial charge in [-0.3, -0.25) is 4.79 Å². The van der Waals surface area contributed by atoms with Crippen molar-refractivity contribution in [1.82, 2.24) is 4.90 Å². The van der Waals surface area contributed by atoms with Gasteiger partial charge in [-0.15, -0.1) is 6.58 Å². The minimum atomic E-state index is -0.910. The highest BCUT2D eigenvalue weighted by atomic mass is 16.4. The molecule has 1 saturated heterocycles. The first-order valence-electron chi connectivity index (χ1n) is 5.66. The molecular weight excluding hydrogens is 206 g/mol. The molecule has 0 bridgehead atoms. The summed E-state index contributed by atoms with van der Waals surface area (Å²) in [6, 6.07) is -0.692. The van der Waals surface area contributed by atoms with Crippen LogP contribution in [-0.2, 0) is 9.59 Å². The molecule has 0 aromatic carbocycles. The molecule has 3 atom stereocenters. The monoisotopic (exact) mass is 225 g/mol. The standard InChI is InChI=1S/C12H19NO3/c1-4-8(3)11(12(15)16)13-7-9(5-2)6-10(13)14/h5,8-9,11H,2,4,6-7H2,1,3H3,(H,15,16). The third kappa shape index (κ3) is 2.43. The van der Waals surface area contributed by atoms with E-state index in [1.165, 1.54) is 4.90 Å². The summed E-state index contributed by atoms with van der Waals surface area (Å²) in [4.78, 5) is 24.4. The van der Waals surface area contributed by atoms with Crippen molar-refractivity contribution in [1.29, 1.82) is 0 Å². The van der Waals surface area contributed by atoms with E-state index in [-0.39, 0.29) is 17.7 Å². The Hall–Kier alpha value is -1.32. The van der Waals surface area contributed by atoms with Gasteiger partial charge >= 0.3 is 5.97 Å². The lowest BCUT2D eigenvalue weighted by Crippen LogP contribution is -2.46. The van der Waals surface area contributed by atoms with E-state index < -0.39 is 12.0 Å². The Morgan fingerprint density at radius 2 is 2.38 bits per heavy atom. The van der Waals surface area contributed by atoms with E-state index in [4.69, 9.17) is 0 Å². The fraction of sp³-hybridized carbons (Fsp3) is 0.667. The van der Waals surface area contributed by atoms with Crippen molar-refractivity contribution in [2.75, 3.05) is 6.54 Å². The van der Waals surface area contributed by atoms with Gasteiger partial charge in [0, 0.05) is 18.9 Å². The number of carboxylic acids is 1. The first-order chi connectivity index (χ1) is 7.51. The summed E-state index contributed by atoms with van der Waals surface area (Å²) in [5, 5.41) is 9.19. The maximum atomic E-state index is 11.7. The number of aliphatic carboxylic acids is 1. The third-order valence-corrected chi connectivity index (χ3v) is 3.29. The normalized spacial score (nSPS) is 24.2. The van der Waals surface area contributed by atoms with Crippen LogP contribution in [0.1, 0.15) is 26.7 Å². The molecule has 90 valence electrons. The molecule has 0 aliphatic carbocycles. The lowest BCUT2D eigenvalue weighted by atomic mass is 9.98. The summed E-state index contributed by atoms with van der Waals surface area (Å²) in [5.41, 5.74) is 0. The van der Waals surface area contributed by atoms with Gasteiger partial charge in [-0.2, -0.15) is 0 Å². The van der Waals surface area contributed by atoms with Crippen molar-refractivity contribution in [2.24, 2.45) is 11.8 Å². The van der Waals surface area contributed by atoms with Crippen LogP contribution in [0.3, 0.4) is 0 Å². The van der Waals surface area contributed by atoms with Gasteiger partial charge in [0.2, 0.25) is 5.91 Å². The zero-order valence-corrected chi connectivity index (χ0v) is 9.85. The fourth-order valence-corrected chi connectivity index (χ4v) is 2.09. The Kier molecular flexibility index (Phi) is 4.10. The molecule has 1 fully saturated rings. The number of rotatable bonds is 5. The van der Waals surface area contributed by atoms with Gasteiger partial charge in [0.05, 0.1) is 0 Å². The van der Waals surface area contributed by atoms with Crippen molar-refractivity contribution in [2.45, 2.75) is 32.7 Å². The minimum absolute atomic E-state index is 0.0231. The van der Waals surface area contributed by atoms with Gasteiger partial charge < -0.3 is 10.0 Å². The molecule has 1 N–H and O–H groups in total. The number of nitrogens with zero attached hydrogens (tertiary/aromatic N) is 1. The Balaban J connectivity index is 2.83. The predicted octanol–water partition coefficient (Wildman–Crippen LogP) is 1.52. The second-order valence-electron chi connectivity index (χ2n) is 4.41. The lowest BCUT2D eigenvalue weighted by Gasteiger charge is -2.28. The number of carbonyl (C=O) groups excluding carboxylic acids is 1. The van der Waals surface area contributed by atoms with Crippen LogP contribution in [0.25, 0.3) is 0 Å².